The van der Waals surface area contributed by atoms with E-state index in [0.29, 0.717) is 31.4 Å². The predicted molar refractivity (Wildman–Crippen MR) is 92.5 cm³/mol. The summed E-state index contributed by atoms with van der Waals surface area (Å²) in [7, 11) is 1.54. The molecule has 2 heterocycles. The smallest absolute Gasteiger partial charge is 0.271 e. The number of hydrogen-bond acceptors (Lipinski definition) is 4. The van der Waals surface area contributed by atoms with Crippen molar-refractivity contribution in [2.24, 2.45) is 5.92 Å². The van der Waals surface area contributed by atoms with Crippen LogP contribution in [-0.4, -0.2) is 48.4 Å². The van der Waals surface area contributed by atoms with Gasteiger partial charge in [-0.2, -0.15) is 5.10 Å². The molecule has 1 atom stereocenters. The second-order valence-electron chi connectivity index (χ2n) is 6.14. The number of amides is 2. The van der Waals surface area contributed by atoms with Crippen LogP contribution >= 0.6 is 0 Å². The minimum Gasteiger partial charge on any atom is -0.381 e. The maximum Gasteiger partial charge on any atom is 0.271 e. The molecule has 2 aromatic rings. The van der Waals surface area contributed by atoms with E-state index in [4.69, 9.17) is 4.74 Å². The fourth-order valence-electron chi connectivity index (χ4n) is 2.70. The van der Waals surface area contributed by atoms with Crippen LogP contribution in [0.5, 0.6) is 0 Å². The van der Waals surface area contributed by atoms with E-state index in [-0.39, 0.29) is 23.6 Å². The summed E-state index contributed by atoms with van der Waals surface area (Å²) in [5, 5.41) is 9.81. The summed E-state index contributed by atoms with van der Waals surface area (Å²) in [5.41, 5.74) is 1.60. The summed E-state index contributed by atoms with van der Waals surface area (Å²) in [4.78, 5) is 24.6. The second-order valence-corrected chi connectivity index (χ2v) is 6.14. The summed E-state index contributed by atoms with van der Waals surface area (Å²) in [6.45, 7) is 3.85. The number of ether oxygens (including phenoxy) is 1. The van der Waals surface area contributed by atoms with Gasteiger partial charge in [-0.25, -0.2) is 0 Å². The van der Waals surface area contributed by atoms with Crippen LogP contribution in [0.4, 0.5) is 0 Å². The van der Waals surface area contributed by atoms with Crippen molar-refractivity contribution in [3.63, 3.8) is 0 Å². The zero-order valence-corrected chi connectivity index (χ0v) is 14.4. The Morgan fingerprint density at radius 2 is 2.00 bits per heavy atom. The van der Waals surface area contributed by atoms with Crippen LogP contribution < -0.4 is 10.6 Å². The van der Waals surface area contributed by atoms with Crippen molar-refractivity contribution in [2.75, 3.05) is 26.8 Å². The molecule has 2 amide bonds. The highest BCUT2D eigenvalue weighted by molar-refractivity contribution is 5.97. The second kappa shape index (κ2) is 7.48. The lowest BCUT2D eigenvalue weighted by Crippen LogP contribution is -2.39. The Kier molecular flexibility index (Phi) is 5.14. The van der Waals surface area contributed by atoms with E-state index in [1.807, 2.05) is 37.3 Å². The van der Waals surface area contributed by atoms with Gasteiger partial charge in [0.15, 0.2) is 5.69 Å². The van der Waals surface area contributed by atoms with Gasteiger partial charge < -0.3 is 15.4 Å². The Balaban J connectivity index is 1.87. The first-order valence-electron chi connectivity index (χ1n) is 8.32. The van der Waals surface area contributed by atoms with Crippen LogP contribution in [0.3, 0.4) is 0 Å². The average Bonchev–Trinajstić information content (AvgIpc) is 3.05. The van der Waals surface area contributed by atoms with Gasteiger partial charge in [0.05, 0.1) is 19.3 Å². The molecule has 7 nitrogen and oxygen atoms in total. The number of rotatable bonds is 6. The summed E-state index contributed by atoms with van der Waals surface area (Å²) in [6, 6.07) is 11.1. The molecule has 3 rings (SSSR count). The maximum absolute atomic E-state index is 12.6. The van der Waals surface area contributed by atoms with Crippen LogP contribution in [0.15, 0.2) is 36.4 Å². The molecule has 25 heavy (non-hydrogen) atoms. The lowest BCUT2D eigenvalue weighted by molar-refractivity contribution is -0.0299. The monoisotopic (exact) mass is 342 g/mol. The largest absolute Gasteiger partial charge is 0.381 e. The highest BCUT2D eigenvalue weighted by Gasteiger charge is 2.24. The topological polar surface area (TPSA) is 85.3 Å². The van der Waals surface area contributed by atoms with E-state index < -0.39 is 0 Å². The van der Waals surface area contributed by atoms with Crippen molar-refractivity contribution in [2.45, 2.75) is 13.0 Å². The Morgan fingerprint density at radius 1 is 1.28 bits per heavy atom. The standard InChI is InChI=1S/C18H22N4O3/c1-12(14-6-4-3-5-7-14)22-16(8-15(21-22)17(23)19-2)18(24)20-9-13-10-25-11-13/h3-8,12-13H,9-11H2,1-2H3,(H,19,23)(H,20,24). The summed E-state index contributed by atoms with van der Waals surface area (Å²) >= 11 is 0. The van der Waals surface area contributed by atoms with Crippen LogP contribution in [0.2, 0.25) is 0 Å². The van der Waals surface area contributed by atoms with Crippen molar-refractivity contribution in [1.82, 2.24) is 20.4 Å². The summed E-state index contributed by atoms with van der Waals surface area (Å²) in [5.74, 6) is -0.205. The highest BCUT2D eigenvalue weighted by Crippen LogP contribution is 2.20. The predicted octanol–water partition coefficient (Wildman–Crippen LogP) is 1.23. The van der Waals surface area contributed by atoms with Gasteiger partial charge in [0.25, 0.3) is 11.8 Å². The quantitative estimate of drug-likeness (QED) is 0.827. The molecular formula is C18H22N4O3. The fraction of sp³-hybridized carbons (Fsp3) is 0.389. The van der Waals surface area contributed by atoms with Crippen molar-refractivity contribution >= 4 is 11.8 Å². The molecule has 1 aromatic heterocycles. The zero-order chi connectivity index (χ0) is 17.8. The van der Waals surface area contributed by atoms with E-state index in [1.54, 1.807) is 4.68 Å². The van der Waals surface area contributed by atoms with Crippen molar-refractivity contribution in [3.05, 3.63) is 53.3 Å². The van der Waals surface area contributed by atoms with E-state index in [2.05, 4.69) is 15.7 Å². The van der Waals surface area contributed by atoms with Gasteiger partial charge in [-0.05, 0) is 12.5 Å². The third-order valence-corrected chi connectivity index (χ3v) is 4.34. The summed E-state index contributed by atoms with van der Waals surface area (Å²) < 4.78 is 6.72. The normalized spacial score (nSPS) is 15.3. The maximum atomic E-state index is 12.6. The molecule has 0 radical (unpaired) electrons. The molecule has 1 fully saturated rings. The molecule has 0 saturated carbocycles. The van der Waals surface area contributed by atoms with E-state index >= 15 is 0 Å². The minimum atomic E-state index is -0.319. The highest BCUT2D eigenvalue weighted by atomic mass is 16.5. The van der Waals surface area contributed by atoms with Gasteiger partial charge in [-0.15, -0.1) is 0 Å². The minimum absolute atomic E-state index is 0.174. The number of carbonyl (C=O) groups excluding carboxylic acids is 2. The van der Waals surface area contributed by atoms with Crippen LogP contribution in [-0.2, 0) is 4.74 Å². The molecule has 1 aromatic carbocycles. The molecule has 132 valence electrons. The van der Waals surface area contributed by atoms with Gasteiger partial charge in [-0.3, -0.25) is 14.3 Å². The number of carbonyl (C=O) groups is 2. The first-order valence-corrected chi connectivity index (χ1v) is 8.32. The van der Waals surface area contributed by atoms with Crippen LogP contribution in [0, 0.1) is 5.92 Å². The van der Waals surface area contributed by atoms with Crippen LogP contribution in [0.25, 0.3) is 0 Å². The number of nitrogens with one attached hydrogen (secondary N) is 2. The molecule has 1 unspecified atom stereocenters. The van der Waals surface area contributed by atoms with E-state index in [9.17, 15) is 9.59 Å². The van der Waals surface area contributed by atoms with Crippen molar-refractivity contribution < 1.29 is 14.3 Å². The lowest BCUT2D eigenvalue weighted by Gasteiger charge is -2.26. The Bertz CT molecular complexity index is 753. The molecule has 0 spiro atoms. The Morgan fingerprint density at radius 3 is 2.60 bits per heavy atom. The first-order chi connectivity index (χ1) is 12.1. The van der Waals surface area contributed by atoms with E-state index in [0.717, 1.165) is 5.56 Å². The van der Waals surface area contributed by atoms with Gasteiger partial charge in [0.2, 0.25) is 0 Å². The molecule has 0 bridgehead atoms. The number of nitrogens with zero attached hydrogens (tertiary/aromatic N) is 2. The molecule has 7 heteroatoms. The van der Waals surface area contributed by atoms with Crippen LogP contribution in [0.1, 0.15) is 39.5 Å². The Labute approximate surface area is 146 Å². The van der Waals surface area contributed by atoms with Gasteiger partial charge >= 0.3 is 0 Å². The zero-order valence-electron chi connectivity index (χ0n) is 14.4. The Hall–Kier alpha value is -2.67. The molecule has 0 aliphatic carbocycles. The lowest BCUT2D eigenvalue weighted by atomic mass is 10.1. The van der Waals surface area contributed by atoms with Crippen molar-refractivity contribution in [3.8, 4) is 0 Å². The number of aromatic nitrogens is 2. The van der Waals surface area contributed by atoms with Gasteiger partial charge in [0.1, 0.15) is 5.69 Å². The number of hydrogen-bond donors (Lipinski definition) is 2. The third-order valence-electron chi connectivity index (χ3n) is 4.34. The first kappa shape index (κ1) is 17.2. The average molecular weight is 342 g/mol. The summed E-state index contributed by atoms with van der Waals surface area (Å²) in [6.07, 6.45) is 0. The molecular weight excluding hydrogens is 320 g/mol. The SMILES string of the molecule is CNC(=O)c1cc(C(=O)NCC2COC2)n(C(C)c2ccccc2)n1. The van der Waals surface area contributed by atoms with Crippen molar-refractivity contribution in [1.29, 1.82) is 0 Å². The van der Waals surface area contributed by atoms with Gasteiger partial charge in [0, 0.05) is 25.6 Å². The van der Waals surface area contributed by atoms with Gasteiger partial charge in [-0.1, -0.05) is 30.3 Å². The third kappa shape index (κ3) is 3.71. The molecule has 1 aliphatic heterocycles. The molecule has 1 aliphatic rings. The number of benzene rings is 1. The molecule has 2 N–H and O–H groups in total. The fourth-order valence-corrected chi connectivity index (χ4v) is 2.70. The molecule has 1 saturated heterocycles. The van der Waals surface area contributed by atoms with E-state index in [1.165, 1.54) is 13.1 Å².